The maximum atomic E-state index is 14.2. The zero-order chi connectivity index (χ0) is 21.7. The second-order valence-corrected chi connectivity index (χ2v) is 8.60. The van der Waals surface area contributed by atoms with Crippen LogP contribution in [-0.4, -0.2) is 28.6 Å². The van der Waals surface area contributed by atoms with E-state index in [0.717, 1.165) is 42.8 Å². The summed E-state index contributed by atoms with van der Waals surface area (Å²) >= 11 is 0. The number of halogens is 3. The van der Waals surface area contributed by atoms with Gasteiger partial charge in [0, 0.05) is 42.9 Å². The highest BCUT2D eigenvalue weighted by atomic mass is 19.1. The normalized spacial score (nSPS) is 26.6. The van der Waals surface area contributed by atoms with Crippen LogP contribution >= 0.6 is 0 Å². The summed E-state index contributed by atoms with van der Waals surface area (Å²) < 4.78 is 41.8. The molecular formula is C24H28F3N3. The van der Waals surface area contributed by atoms with Crippen molar-refractivity contribution in [3.63, 3.8) is 0 Å². The van der Waals surface area contributed by atoms with Crippen LogP contribution in [0.2, 0.25) is 0 Å². The average Bonchev–Trinajstić information content (AvgIpc) is 2.67. The third kappa shape index (κ3) is 3.37. The molecule has 2 fully saturated rings. The molecule has 0 bridgehead atoms. The van der Waals surface area contributed by atoms with Crippen molar-refractivity contribution < 1.29 is 13.2 Å². The van der Waals surface area contributed by atoms with Crippen molar-refractivity contribution in [2.45, 2.75) is 51.7 Å². The van der Waals surface area contributed by atoms with Gasteiger partial charge in [0.2, 0.25) is 0 Å². The maximum absolute atomic E-state index is 14.2. The molecule has 2 saturated heterocycles. The molecule has 0 aliphatic carbocycles. The molecule has 3 heterocycles. The molecule has 4 rings (SSSR count). The lowest BCUT2D eigenvalue weighted by Crippen LogP contribution is -2.59. The van der Waals surface area contributed by atoms with Crippen LogP contribution in [-0.2, 0) is 6.42 Å². The fourth-order valence-electron chi connectivity index (χ4n) is 5.13. The first-order valence-electron chi connectivity index (χ1n) is 10.5. The molecule has 1 aromatic rings. The van der Waals surface area contributed by atoms with Gasteiger partial charge in [0.1, 0.15) is 17.5 Å². The minimum absolute atomic E-state index is 0.00978. The van der Waals surface area contributed by atoms with Crippen molar-refractivity contribution >= 4 is 0 Å². The van der Waals surface area contributed by atoms with E-state index in [4.69, 9.17) is 5.73 Å². The van der Waals surface area contributed by atoms with E-state index in [1.807, 2.05) is 13.1 Å². The number of benzene rings is 1. The Balaban J connectivity index is 1.67. The smallest absolute Gasteiger partial charge is 0.132 e. The van der Waals surface area contributed by atoms with E-state index in [0.29, 0.717) is 29.2 Å². The monoisotopic (exact) mass is 415 g/mol. The van der Waals surface area contributed by atoms with Gasteiger partial charge in [-0.3, -0.25) is 0 Å². The first-order valence-corrected chi connectivity index (χ1v) is 10.5. The summed E-state index contributed by atoms with van der Waals surface area (Å²) in [5, 5.41) is 0. The van der Waals surface area contributed by atoms with E-state index in [-0.39, 0.29) is 24.2 Å². The van der Waals surface area contributed by atoms with Crippen LogP contribution in [0, 0.1) is 23.4 Å². The lowest BCUT2D eigenvalue weighted by atomic mass is 9.82. The highest BCUT2D eigenvalue weighted by Crippen LogP contribution is 2.43. The summed E-state index contributed by atoms with van der Waals surface area (Å²) in [5.41, 5.74) is 10.5. The average molecular weight is 416 g/mol. The predicted octanol–water partition coefficient (Wildman–Crippen LogP) is 4.98. The summed E-state index contributed by atoms with van der Waals surface area (Å²) in [4.78, 5) is 4.35. The second kappa shape index (κ2) is 7.65. The van der Waals surface area contributed by atoms with Crippen LogP contribution in [0.5, 0.6) is 0 Å². The van der Waals surface area contributed by atoms with E-state index in [9.17, 15) is 13.2 Å². The Labute approximate surface area is 176 Å². The summed E-state index contributed by atoms with van der Waals surface area (Å²) in [7, 11) is 0. The van der Waals surface area contributed by atoms with Crippen LogP contribution in [0.25, 0.3) is 0 Å². The molecule has 0 spiro atoms. The fraction of sp³-hybridized carbons (Fsp3) is 0.417. The van der Waals surface area contributed by atoms with Crippen molar-refractivity contribution in [3.05, 3.63) is 82.6 Å². The largest absolute Gasteiger partial charge is 0.350 e. The first kappa shape index (κ1) is 20.8. The van der Waals surface area contributed by atoms with Gasteiger partial charge in [-0.05, 0) is 42.4 Å². The molecule has 1 aromatic carbocycles. The van der Waals surface area contributed by atoms with Gasteiger partial charge in [0.25, 0.3) is 0 Å². The van der Waals surface area contributed by atoms with Crippen molar-refractivity contribution in [1.82, 2.24) is 9.80 Å². The van der Waals surface area contributed by atoms with Gasteiger partial charge in [-0.25, -0.2) is 13.2 Å². The van der Waals surface area contributed by atoms with Gasteiger partial charge in [-0.15, -0.1) is 0 Å². The molecule has 3 aliphatic rings. The molecule has 160 valence electrons. The topological polar surface area (TPSA) is 32.5 Å². The summed E-state index contributed by atoms with van der Waals surface area (Å²) in [5.74, 6) is -2.11. The molecule has 3 aliphatic heterocycles. The minimum atomic E-state index is -0.921. The van der Waals surface area contributed by atoms with Gasteiger partial charge in [-0.2, -0.15) is 0 Å². The van der Waals surface area contributed by atoms with Gasteiger partial charge in [0.15, 0.2) is 0 Å². The van der Waals surface area contributed by atoms with Crippen LogP contribution < -0.4 is 5.73 Å². The number of rotatable bonds is 3. The number of hydrogen-bond donors (Lipinski definition) is 1. The molecule has 30 heavy (non-hydrogen) atoms. The molecule has 0 amide bonds. The number of allylic oxidation sites excluding steroid dienone is 3. The number of piperidine rings is 1. The Morgan fingerprint density at radius 2 is 1.80 bits per heavy atom. The predicted molar refractivity (Wildman–Crippen MR) is 112 cm³/mol. The molecule has 6 heteroatoms. The van der Waals surface area contributed by atoms with E-state index in [1.165, 1.54) is 0 Å². The number of hydrogen-bond acceptors (Lipinski definition) is 3. The molecule has 0 saturated carbocycles. The highest BCUT2D eigenvalue weighted by Gasteiger charge is 2.41. The number of piperazine rings is 1. The number of nitrogens with two attached hydrogens (primary N) is 1. The summed E-state index contributed by atoms with van der Waals surface area (Å²) in [6, 6.07) is 1.67. The quantitative estimate of drug-likeness (QED) is 0.756. The third-order valence-electron chi connectivity index (χ3n) is 6.77. The number of fused-ring (bicyclic) bond motifs is 2. The molecule has 0 aromatic heterocycles. The lowest BCUT2D eigenvalue weighted by Gasteiger charge is -2.53. The van der Waals surface area contributed by atoms with Gasteiger partial charge >= 0.3 is 0 Å². The van der Waals surface area contributed by atoms with Crippen molar-refractivity contribution in [3.8, 4) is 0 Å². The molecule has 0 radical (unpaired) electrons. The Hall–Kier alpha value is -2.47. The third-order valence-corrected chi connectivity index (χ3v) is 6.77. The zero-order valence-corrected chi connectivity index (χ0v) is 17.5. The molecule has 3 unspecified atom stereocenters. The molecule has 3 nitrogen and oxygen atoms in total. The SMILES string of the molecule is C=C1C(Cc2c(F)cc(F)cc2F)=CN2CC3CC(CC)CC(N)N3C(=C)C2=C1C. The molecule has 3 atom stereocenters. The zero-order valence-electron chi connectivity index (χ0n) is 17.5. The van der Waals surface area contributed by atoms with E-state index in [2.05, 4.69) is 29.9 Å². The van der Waals surface area contributed by atoms with Crippen molar-refractivity contribution in [1.29, 1.82) is 0 Å². The maximum Gasteiger partial charge on any atom is 0.132 e. The van der Waals surface area contributed by atoms with Crippen molar-refractivity contribution in [2.24, 2.45) is 11.7 Å². The number of nitrogens with zero attached hydrogens (tertiary/aromatic N) is 2. The Morgan fingerprint density at radius 1 is 1.13 bits per heavy atom. The molecular weight excluding hydrogens is 387 g/mol. The minimum Gasteiger partial charge on any atom is -0.350 e. The highest BCUT2D eigenvalue weighted by molar-refractivity contribution is 5.56. The first-order chi connectivity index (χ1) is 14.2. The molecule has 2 N–H and O–H groups in total. The second-order valence-electron chi connectivity index (χ2n) is 8.60. The summed E-state index contributed by atoms with van der Waals surface area (Å²) in [6.45, 7) is 13.4. The standard InChI is InChI=1S/C24H28F3N3/c1-5-16-6-19-12-29-11-17(8-20-21(26)9-18(25)10-22(20)27)13(2)14(3)24(29)15(4)30(19)23(28)7-16/h9-11,16,19,23H,2,4-8,12,28H2,1,3H3. The van der Waals surface area contributed by atoms with E-state index < -0.39 is 17.5 Å². The van der Waals surface area contributed by atoms with Crippen LogP contribution in [0.3, 0.4) is 0 Å². The Kier molecular flexibility index (Phi) is 5.30. The van der Waals surface area contributed by atoms with Crippen LogP contribution in [0.4, 0.5) is 13.2 Å². The Bertz CT molecular complexity index is 955. The van der Waals surface area contributed by atoms with Crippen molar-refractivity contribution in [2.75, 3.05) is 6.54 Å². The van der Waals surface area contributed by atoms with E-state index in [1.54, 1.807) is 0 Å². The van der Waals surface area contributed by atoms with Gasteiger partial charge in [0.05, 0.1) is 17.6 Å². The van der Waals surface area contributed by atoms with E-state index >= 15 is 0 Å². The Morgan fingerprint density at radius 3 is 2.43 bits per heavy atom. The van der Waals surface area contributed by atoms with Crippen LogP contribution in [0.1, 0.15) is 38.7 Å². The summed E-state index contributed by atoms with van der Waals surface area (Å²) in [6.07, 6.45) is 4.94. The van der Waals surface area contributed by atoms with Crippen LogP contribution in [0.15, 0.2) is 59.6 Å². The van der Waals surface area contributed by atoms with Gasteiger partial charge < -0.3 is 15.5 Å². The fourth-order valence-corrected chi connectivity index (χ4v) is 5.13. The van der Waals surface area contributed by atoms with Gasteiger partial charge in [-0.1, -0.05) is 26.5 Å². The lowest BCUT2D eigenvalue weighted by molar-refractivity contribution is 0.0537.